The van der Waals surface area contributed by atoms with Crippen molar-refractivity contribution in [3.05, 3.63) is 29.3 Å². The molecule has 1 unspecified atom stereocenters. The quantitative estimate of drug-likeness (QED) is 0.791. The lowest BCUT2D eigenvalue weighted by atomic mass is 9.98. The van der Waals surface area contributed by atoms with Gasteiger partial charge in [-0.2, -0.15) is 0 Å². The van der Waals surface area contributed by atoms with E-state index in [1.165, 1.54) is 11.1 Å². The first-order valence-corrected chi connectivity index (χ1v) is 9.72. The van der Waals surface area contributed by atoms with Crippen LogP contribution in [-0.2, 0) is 22.9 Å². The summed E-state index contributed by atoms with van der Waals surface area (Å²) in [7, 11) is -3.44. The van der Waals surface area contributed by atoms with Crippen LogP contribution in [0.4, 0.5) is 0 Å². The topological polar surface area (TPSA) is 46.2 Å². The number of hydrogen-bond acceptors (Lipinski definition) is 2. The average molecular weight is 360 g/mol. The molecule has 0 spiro atoms. The highest BCUT2D eigenvalue weighted by Crippen LogP contribution is 2.26. The molecule has 1 aromatic carbocycles. The number of halogens is 1. The number of aryl methyl sites for hydroxylation is 2. The first-order chi connectivity index (χ1) is 9.40. The van der Waals surface area contributed by atoms with Crippen LogP contribution in [0.2, 0.25) is 0 Å². The molecule has 1 aromatic rings. The van der Waals surface area contributed by atoms with E-state index in [9.17, 15) is 8.42 Å². The van der Waals surface area contributed by atoms with Crippen molar-refractivity contribution < 1.29 is 8.42 Å². The van der Waals surface area contributed by atoms with Gasteiger partial charge in [-0.15, -0.1) is 0 Å². The summed E-state index contributed by atoms with van der Waals surface area (Å²) in [5.74, 6) is 0. The normalized spacial score (nSPS) is 17.8. The van der Waals surface area contributed by atoms with Crippen molar-refractivity contribution in [2.45, 2.75) is 56.4 Å². The SMILES string of the molecule is CCC(C)(CCBr)NS(=O)(=O)c1ccc2c(c1)CCC2. The van der Waals surface area contributed by atoms with Gasteiger partial charge in [0.05, 0.1) is 4.90 Å². The Morgan fingerprint density at radius 3 is 2.65 bits per heavy atom. The van der Waals surface area contributed by atoms with Gasteiger partial charge in [0.25, 0.3) is 0 Å². The second-order valence-electron chi connectivity index (χ2n) is 5.74. The zero-order valence-corrected chi connectivity index (χ0v) is 14.5. The van der Waals surface area contributed by atoms with E-state index in [0.29, 0.717) is 4.90 Å². The van der Waals surface area contributed by atoms with Crippen LogP contribution in [0.15, 0.2) is 23.1 Å². The van der Waals surface area contributed by atoms with Crippen molar-refractivity contribution in [3.63, 3.8) is 0 Å². The molecular weight excluding hydrogens is 338 g/mol. The maximum atomic E-state index is 12.6. The Balaban J connectivity index is 2.26. The van der Waals surface area contributed by atoms with Crippen LogP contribution in [0.3, 0.4) is 0 Å². The monoisotopic (exact) mass is 359 g/mol. The van der Waals surface area contributed by atoms with Gasteiger partial charge in [0.1, 0.15) is 0 Å². The number of alkyl halides is 1. The smallest absolute Gasteiger partial charge is 0.207 e. The lowest BCUT2D eigenvalue weighted by Crippen LogP contribution is -2.45. The summed E-state index contributed by atoms with van der Waals surface area (Å²) < 4.78 is 28.0. The largest absolute Gasteiger partial charge is 0.241 e. The van der Waals surface area contributed by atoms with Gasteiger partial charge in [-0.1, -0.05) is 28.9 Å². The first kappa shape index (κ1) is 16.0. The molecule has 0 aliphatic heterocycles. The minimum Gasteiger partial charge on any atom is -0.207 e. The molecule has 1 aliphatic rings. The molecule has 2 rings (SSSR count). The lowest BCUT2D eigenvalue weighted by molar-refractivity contribution is 0.392. The summed E-state index contributed by atoms with van der Waals surface area (Å²) in [6.07, 6.45) is 4.73. The minimum atomic E-state index is -3.44. The highest BCUT2D eigenvalue weighted by Gasteiger charge is 2.29. The third kappa shape index (κ3) is 3.43. The van der Waals surface area contributed by atoms with Gasteiger partial charge < -0.3 is 0 Å². The molecule has 0 amide bonds. The summed E-state index contributed by atoms with van der Waals surface area (Å²) >= 11 is 3.40. The predicted octanol–water partition coefficient (Wildman–Crippen LogP) is 3.41. The van der Waals surface area contributed by atoms with E-state index >= 15 is 0 Å². The van der Waals surface area contributed by atoms with Gasteiger partial charge in [-0.3, -0.25) is 0 Å². The molecule has 0 bridgehead atoms. The van der Waals surface area contributed by atoms with Crippen LogP contribution in [-0.4, -0.2) is 19.3 Å². The molecule has 5 heteroatoms. The van der Waals surface area contributed by atoms with Gasteiger partial charge in [0.15, 0.2) is 0 Å². The van der Waals surface area contributed by atoms with E-state index in [1.807, 2.05) is 26.0 Å². The Labute approximate surface area is 130 Å². The van der Waals surface area contributed by atoms with Crippen molar-refractivity contribution in [2.75, 3.05) is 5.33 Å². The zero-order chi connectivity index (χ0) is 14.8. The average Bonchev–Trinajstić information content (AvgIpc) is 2.85. The molecule has 3 nitrogen and oxygen atoms in total. The molecule has 20 heavy (non-hydrogen) atoms. The molecule has 0 aromatic heterocycles. The highest BCUT2D eigenvalue weighted by molar-refractivity contribution is 9.09. The van der Waals surface area contributed by atoms with Crippen LogP contribution in [0.5, 0.6) is 0 Å². The van der Waals surface area contributed by atoms with Crippen LogP contribution < -0.4 is 4.72 Å². The van der Waals surface area contributed by atoms with Crippen LogP contribution >= 0.6 is 15.9 Å². The molecule has 1 N–H and O–H groups in total. The highest BCUT2D eigenvalue weighted by atomic mass is 79.9. The van der Waals surface area contributed by atoms with Crippen molar-refractivity contribution in [1.82, 2.24) is 4.72 Å². The van der Waals surface area contributed by atoms with E-state index < -0.39 is 15.6 Å². The Bertz CT molecular complexity index is 586. The van der Waals surface area contributed by atoms with Gasteiger partial charge in [-0.25, -0.2) is 13.1 Å². The third-order valence-electron chi connectivity index (χ3n) is 4.19. The molecule has 0 saturated carbocycles. The number of sulfonamides is 1. The molecular formula is C15H22BrNO2S. The maximum Gasteiger partial charge on any atom is 0.241 e. The Kier molecular flexibility index (Phi) is 4.92. The number of fused-ring (bicyclic) bond motifs is 1. The van der Waals surface area contributed by atoms with E-state index in [1.54, 1.807) is 6.07 Å². The fourth-order valence-electron chi connectivity index (χ4n) is 2.61. The summed E-state index contributed by atoms with van der Waals surface area (Å²) in [4.78, 5) is 0.396. The Morgan fingerprint density at radius 2 is 2.00 bits per heavy atom. The van der Waals surface area contributed by atoms with E-state index in [4.69, 9.17) is 0 Å². The summed E-state index contributed by atoms with van der Waals surface area (Å²) in [6, 6.07) is 5.54. The van der Waals surface area contributed by atoms with Gasteiger partial charge in [-0.05, 0) is 62.3 Å². The number of benzene rings is 1. The Hall–Kier alpha value is -0.390. The zero-order valence-electron chi connectivity index (χ0n) is 12.1. The fourth-order valence-corrected chi connectivity index (χ4v) is 5.04. The third-order valence-corrected chi connectivity index (χ3v) is 6.22. The summed E-state index contributed by atoms with van der Waals surface area (Å²) in [5.41, 5.74) is 2.08. The van der Waals surface area contributed by atoms with Crippen LogP contribution in [0.25, 0.3) is 0 Å². The van der Waals surface area contributed by atoms with E-state index in [0.717, 1.165) is 37.4 Å². The fraction of sp³-hybridized carbons (Fsp3) is 0.600. The molecule has 0 fully saturated rings. The second-order valence-corrected chi connectivity index (χ2v) is 8.22. The molecule has 0 saturated heterocycles. The predicted molar refractivity (Wildman–Crippen MR) is 85.9 cm³/mol. The van der Waals surface area contributed by atoms with Gasteiger partial charge >= 0.3 is 0 Å². The van der Waals surface area contributed by atoms with Crippen LogP contribution in [0.1, 0.15) is 44.2 Å². The standard InChI is InChI=1S/C15H22BrNO2S/c1-3-15(2,9-10-16)17-20(18,19)14-8-7-12-5-4-6-13(12)11-14/h7-8,11,17H,3-6,9-10H2,1-2H3. The maximum absolute atomic E-state index is 12.6. The molecule has 1 aliphatic carbocycles. The van der Waals surface area contributed by atoms with E-state index in [-0.39, 0.29) is 0 Å². The van der Waals surface area contributed by atoms with E-state index in [2.05, 4.69) is 20.7 Å². The molecule has 1 atom stereocenters. The van der Waals surface area contributed by atoms with Crippen molar-refractivity contribution in [2.24, 2.45) is 0 Å². The molecule has 112 valence electrons. The minimum absolute atomic E-state index is 0.396. The van der Waals surface area contributed by atoms with Crippen molar-refractivity contribution in [1.29, 1.82) is 0 Å². The number of rotatable bonds is 6. The molecule has 0 radical (unpaired) electrons. The second kappa shape index (κ2) is 6.16. The van der Waals surface area contributed by atoms with Crippen LogP contribution in [0, 0.1) is 0 Å². The summed E-state index contributed by atoms with van der Waals surface area (Å²) in [5, 5.41) is 0.782. The van der Waals surface area contributed by atoms with Gasteiger partial charge in [0.2, 0.25) is 10.0 Å². The summed E-state index contributed by atoms with van der Waals surface area (Å²) in [6.45, 7) is 3.97. The molecule has 0 heterocycles. The number of nitrogens with one attached hydrogen (secondary N) is 1. The number of hydrogen-bond donors (Lipinski definition) is 1. The van der Waals surface area contributed by atoms with Crippen molar-refractivity contribution in [3.8, 4) is 0 Å². The van der Waals surface area contributed by atoms with Gasteiger partial charge in [0, 0.05) is 10.9 Å². The van der Waals surface area contributed by atoms with Crippen molar-refractivity contribution >= 4 is 26.0 Å². The lowest BCUT2D eigenvalue weighted by Gasteiger charge is -2.28. The first-order valence-electron chi connectivity index (χ1n) is 7.12. The Morgan fingerprint density at radius 1 is 1.30 bits per heavy atom.